The van der Waals surface area contributed by atoms with Gasteiger partial charge < -0.3 is 13.7 Å². The van der Waals surface area contributed by atoms with Crippen LogP contribution in [-0.4, -0.2) is 21.8 Å². The van der Waals surface area contributed by atoms with E-state index in [9.17, 15) is 9.60 Å². The van der Waals surface area contributed by atoms with Crippen molar-refractivity contribution < 1.29 is 13.7 Å². The van der Waals surface area contributed by atoms with Gasteiger partial charge in [0.2, 0.25) is 0 Å². The van der Waals surface area contributed by atoms with E-state index < -0.39 is 56.4 Å². The highest BCUT2D eigenvalue weighted by atomic mass is 28.3. The summed E-state index contributed by atoms with van der Waals surface area (Å²) in [6, 6.07) is 91.1. The molecule has 15 aromatic carbocycles. The van der Waals surface area contributed by atoms with E-state index in [4.69, 9.17) is 4.11 Å². The molecule has 0 radical (unpaired) electrons. The highest BCUT2D eigenvalue weighted by molar-refractivity contribution is 7.20. The van der Waals surface area contributed by atoms with Crippen molar-refractivity contribution in [3.63, 3.8) is 0 Å². The molecule has 0 fully saturated rings. The molecule has 410 valence electrons. The lowest BCUT2D eigenvalue weighted by atomic mass is 9.92. The van der Waals surface area contributed by atoms with Gasteiger partial charge in [0.15, 0.2) is 8.07 Å². The number of nitrogens with zero attached hydrogens (tertiary/aromatic N) is 3. The number of rotatable bonds is 9. The third-order valence-corrected chi connectivity index (χ3v) is 22.9. The molecule has 3 nitrogen and oxygen atoms in total. The van der Waals surface area contributed by atoms with E-state index in [0.717, 1.165) is 98.0 Å². The molecule has 3 aromatic heterocycles. The summed E-state index contributed by atoms with van der Waals surface area (Å²) in [5.41, 5.74) is 11.6. The molecule has 18 rings (SSSR count). The van der Waals surface area contributed by atoms with Crippen LogP contribution in [-0.2, 0) is 0 Å². The van der Waals surface area contributed by atoms with Gasteiger partial charge >= 0.3 is 0 Å². The molecular weight excluding hydrogens is 1080 g/mol. The van der Waals surface area contributed by atoms with Gasteiger partial charge in [-0.25, -0.2) is 0 Å². The molecule has 0 N–H and O–H groups in total. The van der Waals surface area contributed by atoms with Crippen LogP contribution in [0.25, 0.3) is 137 Å². The van der Waals surface area contributed by atoms with Crippen LogP contribution in [0, 0.1) is 0 Å². The van der Waals surface area contributed by atoms with Gasteiger partial charge in [-0.05, 0) is 143 Å². The van der Waals surface area contributed by atoms with Gasteiger partial charge in [0.25, 0.3) is 0 Å². The van der Waals surface area contributed by atoms with Crippen LogP contribution >= 0.6 is 0 Å². The minimum atomic E-state index is -3.49. The van der Waals surface area contributed by atoms with Gasteiger partial charge in [-0.2, -0.15) is 0 Å². The summed E-state index contributed by atoms with van der Waals surface area (Å²) in [7, 11) is -3.49. The normalized spacial score (nSPS) is 13.7. The largest absolute Gasteiger partial charge is 0.309 e. The number of hydrogen-bond acceptors (Lipinski definition) is 0. The van der Waals surface area contributed by atoms with Gasteiger partial charge in [0.1, 0.15) is 0 Å². The Balaban J connectivity index is 0.980. The van der Waals surface area contributed by atoms with E-state index >= 15 is 0 Å². The minimum absolute atomic E-state index is 0.0122. The smallest absolute Gasteiger partial charge is 0.179 e. The summed E-state index contributed by atoms with van der Waals surface area (Å²) in [6.07, 6.45) is 0. The third-order valence-electron chi connectivity index (χ3n) is 18.2. The Hall–Kier alpha value is -11.3. The van der Waals surface area contributed by atoms with Crippen molar-refractivity contribution >= 4 is 127 Å². The Bertz CT molecular complexity index is 6260. The molecule has 0 atom stereocenters. The van der Waals surface area contributed by atoms with Gasteiger partial charge in [-0.3, -0.25) is 0 Å². The summed E-state index contributed by atoms with van der Waals surface area (Å²) in [6.45, 7) is 0. The first-order chi connectivity index (χ1) is 47.8. The van der Waals surface area contributed by atoms with Gasteiger partial charge in [-0.15, -0.1) is 0 Å². The first-order valence-electron chi connectivity index (χ1n) is 34.7. The second kappa shape index (κ2) is 19.9. The Kier molecular flexibility index (Phi) is 9.24. The Morgan fingerprint density at radius 1 is 0.216 bits per heavy atom. The Morgan fingerprint density at radius 3 is 1.15 bits per heavy atom. The fourth-order valence-electron chi connectivity index (χ4n) is 14.5. The van der Waals surface area contributed by atoms with Crippen LogP contribution in [0.2, 0.25) is 0 Å². The summed E-state index contributed by atoms with van der Waals surface area (Å²) in [5.74, 6) is 0. The highest BCUT2D eigenvalue weighted by Gasteiger charge is 2.42. The molecule has 0 bridgehead atoms. The van der Waals surface area contributed by atoms with Crippen molar-refractivity contribution in [3.05, 3.63) is 333 Å². The highest BCUT2D eigenvalue weighted by Crippen LogP contribution is 2.45. The van der Waals surface area contributed by atoms with Gasteiger partial charge in [0, 0.05) is 54.8 Å². The first kappa shape index (κ1) is 40.9. The summed E-state index contributed by atoms with van der Waals surface area (Å²) in [5, 5.41) is 9.53. The molecule has 4 heteroatoms. The summed E-state index contributed by atoms with van der Waals surface area (Å²) >= 11 is 0. The molecule has 0 saturated carbocycles. The lowest BCUT2D eigenvalue weighted by molar-refractivity contribution is 1.16. The van der Waals surface area contributed by atoms with E-state index in [0.29, 0.717) is 22.0 Å². The maximum atomic E-state index is 10.6. The Morgan fingerprint density at radius 2 is 0.591 bits per heavy atom. The van der Waals surface area contributed by atoms with Crippen molar-refractivity contribution in [1.82, 2.24) is 13.7 Å². The van der Waals surface area contributed by atoms with Crippen LogP contribution in [0.5, 0.6) is 0 Å². The number of aromatic nitrogens is 3. The maximum absolute atomic E-state index is 10.6. The summed E-state index contributed by atoms with van der Waals surface area (Å²) < 4.78 is 103. The van der Waals surface area contributed by atoms with E-state index in [2.05, 4.69) is 240 Å². The molecule has 0 unspecified atom stereocenters. The third kappa shape index (κ3) is 7.49. The van der Waals surface area contributed by atoms with Crippen LogP contribution in [0.3, 0.4) is 0 Å². The molecule has 18 aromatic rings. The molecule has 0 aliphatic carbocycles. The molecule has 0 saturated heterocycles. The fraction of sp³-hybridized carbons (Fsp3) is 0. The van der Waals surface area contributed by atoms with E-state index in [-0.39, 0.29) is 49.9 Å². The second-order valence-electron chi connectivity index (χ2n) is 22.7. The number of benzene rings is 15. The molecule has 0 aliphatic rings. The van der Waals surface area contributed by atoms with Crippen molar-refractivity contribution in [1.29, 1.82) is 0 Å². The standard InChI is InChI=1S/C84H55N3Si/c1-4-23-56(24-5-1)58-27-20-32-64(51-58)88(63-30-8-3-9-31-63,65-33-21-28-59(52-65)57-25-6-2-7-26-57)66-34-22-29-60(53-66)87-81-49-46-62(55-76(81)84-82(87)50-47-74-69-37-11-10-35-67(69)68-36-12-13-41-73(68)83(74)84)86-79-44-19-16-40-72(79)75-54-61(45-48-80(75)86)85-77-42-17-14-38-70(77)71-39-15-18-43-78(71)85/h1-55H/i10D,11D,12D,13D,35D,36D,37D,41D,47D,50D. The first-order valence-corrected chi connectivity index (χ1v) is 31.7. The molecule has 0 amide bonds. The predicted octanol–water partition coefficient (Wildman–Crippen LogP) is 19.1. The van der Waals surface area contributed by atoms with Crippen LogP contribution in [0.4, 0.5) is 0 Å². The van der Waals surface area contributed by atoms with E-state index in [1.165, 1.54) is 0 Å². The monoisotopic (exact) mass is 1140 g/mol. The predicted molar refractivity (Wildman–Crippen MR) is 376 cm³/mol. The zero-order valence-corrected chi connectivity index (χ0v) is 48.3. The Labute approximate surface area is 524 Å². The molecular formula is C84H55N3Si. The zero-order chi connectivity index (χ0) is 66.6. The number of para-hydroxylation sites is 3. The van der Waals surface area contributed by atoms with Crippen LogP contribution in [0.1, 0.15) is 13.7 Å². The van der Waals surface area contributed by atoms with Crippen molar-refractivity contribution in [2.75, 3.05) is 0 Å². The maximum Gasteiger partial charge on any atom is 0.179 e. The second-order valence-corrected chi connectivity index (χ2v) is 26.6. The lowest BCUT2D eigenvalue weighted by Gasteiger charge is -2.35. The molecule has 0 spiro atoms. The lowest BCUT2D eigenvalue weighted by Crippen LogP contribution is -2.74. The molecule has 88 heavy (non-hydrogen) atoms. The minimum Gasteiger partial charge on any atom is -0.309 e. The quantitative estimate of drug-likeness (QED) is 0.0777. The average Bonchev–Trinajstić information content (AvgIpc) is 1.24. The fourth-order valence-corrected chi connectivity index (χ4v) is 19.3. The van der Waals surface area contributed by atoms with Crippen molar-refractivity contribution in [2.45, 2.75) is 0 Å². The van der Waals surface area contributed by atoms with Gasteiger partial charge in [0.05, 0.1) is 46.8 Å². The summed E-state index contributed by atoms with van der Waals surface area (Å²) in [4.78, 5) is 0. The molecule has 0 aliphatic heterocycles. The van der Waals surface area contributed by atoms with Crippen molar-refractivity contribution in [3.8, 4) is 39.3 Å². The van der Waals surface area contributed by atoms with Gasteiger partial charge in [-0.1, -0.05) is 261 Å². The van der Waals surface area contributed by atoms with Crippen LogP contribution < -0.4 is 20.7 Å². The number of fused-ring (bicyclic) bond motifs is 16. The SMILES string of the molecule is [2H]c1c([2H])c([2H])c2c(c1[2H])c1c([2H])c([2H])c([2H])c([2H])c1c1c2c([2H])c([2H])c2c1c1cc(-n3c4ccccc4c4cc(-n5c6ccccc6c6ccccc65)ccc43)ccc1n2-c1cccc([Si](c2ccccc2)(c2cccc(-c3ccccc3)c2)c2cccc(-c3ccccc3)c2)c1. The molecule has 3 heterocycles. The van der Waals surface area contributed by atoms with E-state index in [1.54, 1.807) is 0 Å². The van der Waals surface area contributed by atoms with Crippen LogP contribution in [0.15, 0.2) is 333 Å². The number of hydrogen-bond donors (Lipinski definition) is 0. The zero-order valence-electron chi connectivity index (χ0n) is 57.3. The van der Waals surface area contributed by atoms with E-state index in [1.807, 2.05) is 47.0 Å². The topological polar surface area (TPSA) is 14.8 Å². The average molecular weight is 1140 g/mol. The van der Waals surface area contributed by atoms with Crippen molar-refractivity contribution in [2.24, 2.45) is 0 Å².